The van der Waals surface area contributed by atoms with Gasteiger partial charge in [-0.15, -0.1) is 0 Å². The van der Waals surface area contributed by atoms with Gasteiger partial charge in [-0.2, -0.15) is 0 Å². The molecule has 1 N–H and O–H groups in total. The molecule has 0 saturated carbocycles. The topological polar surface area (TPSA) is 81.7 Å². The minimum Gasteiger partial charge on any atom is -0.463 e. The summed E-state index contributed by atoms with van der Waals surface area (Å²) in [5.74, 6) is -1.70. The smallest absolute Gasteiger partial charge is 0.336 e. The van der Waals surface area contributed by atoms with E-state index in [4.69, 9.17) is 9.47 Å². The van der Waals surface area contributed by atoms with Gasteiger partial charge in [-0.25, -0.2) is 9.59 Å². The highest BCUT2D eigenvalue weighted by atomic mass is 32.2. The molecule has 0 aliphatic carbocycles. The molecule has 1 aromatic rings. The summed E-state index contributed by atoms with van der Waals surface area (Å²) in [5, 5.41) is 3.02. The summed E-state index contributed by atoms with van der Waals surface area (Å²) in [6.45, 7) is 8.90. The van der Waals surface area contributed by atoms with Gasteiger partial charge in [0.05, 0.1) is 30.3 Å². The first-order chi connectivity index (χ1) is 13.3. The number of hydrogen-bond donors (Lipinski definition) is 1. The zero-order valence-corrected chi connectivity index (χ0v) is 17.6. The van der Waals surface area contributed by atoms with E-state index in [1.54, 1.807) is 33.8 Å². The van der Waals surface area contributed by atoms with Gasteiger partial charge in [-0.1, -0.05) is 30.0 Å². The number of allylic oxidation sites excluding steroid dienone is 2. The Morgan fingerprint density at radius 3 is 1.93 bits per heavy atom. The van der Waals surface area contributed by atoms with Gasteiger partial charge in [0.25, 0.3) is 0 Å². The van der Waals surface area contributed by atoms with Crippen molar-refractivity contribution in [3.63, 3.8) is 0 Å². The molecule has 0 amide bonds. The van der Waals surface area contributed by atoms with E-state index in [1.807, 2.05) is 18.2 Å². The molecule has 2 rings (SSSR count). The van der Waals surface area contributed by atoms with Crippen molar-refractivity contribution in [3.8, 4) is 0 Å². The number of benzene rings is 1. The van der Waals surface area contributed by atoms with Crippen LogP contribution >= 0.6 is 11.8 Å². The van der Waals surface area contributed by atoms with E-state index in [-0.39, 0.29) is 18.3 Å². The number of dihydropyridines is 1. The third-order valence-corrected chi connectivity index (χ3v) is 5.11. The van der Waals surface area contributed by atoms with Gasteiger partial charge in [0.15, 0.2) is 5.12 Å². The van der Waals surface area contributed by atoms with Crippen LogP contribution in [0.4, 0.5) is 0 Å². The molecule has 0 atom stereocenters. The van der Waals surface area contributed by atoms with E-state index in [9.17, 15) is 14.4 Å². The van der Waals surface area contributed by atoms with Crippen LogP contribution in [-0.4, -0.2) is 30.3 Å². The zero-order valence-electron chi connectivity index (χ0n) is 16.8. The van der Waals surface area contributed by atoms with E-state index in [0.29, 0.717) is 33.0 Å². The highest BCUT2D eigenvalue weighted by Gasteiger charge is 2.39. The fraction of sp³-hybridized carbons (Fsp3) is 0.381. The molecule has 1 aliphatic rings. The Bertz CT molecular complexity index is 816. The highest BCUT2D eigenvalue weighted by molar-refractivity contribution is 8.13. The lowest BCUT2D eigenvalue weighted by Gasteiger charge is -2.31. The van der Waals surface area contributed by atoms with E-state index >= 15 is 0 Å². The van der Waals surface area contributed by atoms with Crippen LogP contribution in [0.25, 0.3) is 0 Å². The lowest BCUT2D eigenvalue weighted by atomic mass is 9.80. The van der Waals surface area contributed by atoms with Crippen LogP contribution in [0.1, 0.15) is 46.1 Å². The average molecular weight is 404 g/mol. The van der Waals surface area contributed by atoms with Crippen LogP contribution in [0.5, 0.6) is 0 Å². The molecule has 1 heterocycles. The quantitative estimate of drug-likeness (QED) is 0.573. The van der Waals surface area contributed by atoms with E-state index in [2.05, 4.69) is 5.32 Å². The molecule has 0 aromatic heterocycles. The van der Waals surface area contributed by atoms with E-state index in [0.717, 1.165) is 11.8 Å². The highest BCUT2D eigenvalue weighted by Crippen LogP contribution is 2.42. The monoisotopic (exact) mass is 403 g/mol. The predicted octanol–water partition coefficient (Wildman–Crippen LogP) is 3.69. The Balaban J connectivity index is 2.72. The van der Waals surface area contributed by atoms with Crippen LogP contribution in [0.3, 0.4) is 0 Å². The first-order valence-electron chi connectivity index (χ1n) is 9.11. The SMILES string of the molecule is CCOC(=O)C1=C(C)NC(C)=C(C(=O)OCC)C1c1ccccc1SC(C)=O. The molecule has 0 bridgehead atoms. The molecule has 6 nitrogen and oxygen atoms in total. The van der Waals surface area contributed by atoms with Crippen molar-refractivity contribution in [1.82, 2.24) is 5.32 Å². The minimum absolute atomic E-state index is 0.0850. The minimum atomic E-state index is -0.692. The van der Waals surface area contributed by atoms with Gasteiger partial charge in [0.2, 0.25) is 0 Å². The number of thioether (sulfide) groups is 1. The summed E-state index contributed by atoms with van der Waals surface area (Å²) in [4.78, 5) is 38.0. The van der Waals surface area contributed by atoms with Crippen LogP contribution in [0, 0.1) is 0 Å². The van der Waals surface area contributed by atoms with Crippen molar-refractivity contribution >= 4 is 28.8 Å². The number of esters is 2. The van der Waals surface area contributed by atoms with Crippen molar-refractivity contribution in [2.24, 2.45) is 0 Å². The van der Waals surface area contributed by atoms with Crippen LogP contribution in [0.2, 0.25) is 0 Å². The van der Waals surface area contributed by atoms with Gasteiger partial charge in [-0.3, -0.25) is 4.79 Å². The molecule has 0 saturated heterocycles. The summed E-state index contributed by atoms with van der Waals surface area (Å²) in [6.07, 6.45) is 0. The van der Waals surface area contributed by atoms with E-state index in [1.165, 1.54) is 6.92 Å². The van der Waals surface area contributed by atoms with Crippen molar-refractivity contribution in [3.05, 3.63) is 52.4 Å². The van der Waals surface area contributed by atoms with Gasteiger partial charge >= 0.3 is 11.9 Å². The lowest BCUT2D eigenvalue weighted by Crippen LogP contribution is -2.32. The summed E-state index contributed by atoms with van der Waals surface area (Å²) in [5.41, 5.74) is 2.58. The number of hydrogen-bond acceptors (Lipinski definition) is 7. The van der Waals surface area contributed by atoms with E-state index < -0.39 is 17.9 Å². The van der Waals surface area contributed by atoms with Crippen LogP contribution in [-0.2, 0) is 23.9 Å². The standard InChI is InChI=1S/C21H25NO5S/c1-6-26-20(24)17-12(3)22-13(4)18(21(25)27-7-2)19(17)15-10-8-9-11-16(15)28-14(5)23/h8-11,19,22H,6-7H2,1-5H3. The number of nitrogens with one attached hydrogen (secondary N) is 1. The molecular formula is C21H25NO5S. The first kappa shape index (κ1) is 21.8. The summed E-state index contributed by atoms with van der Waals surface area (Å²) in [6, 6.07) is 7.26. The number of carbonyl (C=O) groups is 3. The Hall–Kier alpha value is -2.54. The molecule has 7 heteroatoms. The molecule has 0 unspecified atom stereocenters. The average Bonchev–Trinajstić information content (AvgIpc) is 2.61. The second-order valence-corrected chi connectivity index (χ2v) is 7.43. The number of carbonyl (C=O) groups excluding carboxylic acids is 3. The molecule has 28 heavy (non-hydrogen) atoms. The fourth-order valence-corrected chi connectivity index (χ4v) is 3.99. The normalized spacial score (nSPS) is 14.6. The Labute approximate surface area is 169 Å². The molecule has 0 spiro atoms. The Morgan fingerprint density at radius 2 is 1.46 bits per heavy atom. The maximum absolute atomic E-state index is 12.8. The number of ether oxygens (including phenoxy) is 2. The maximum atomic E-state index is 12.8. The van der Waals surface area contributed by atoms with Crippen LogP contribution < -0.4 is 5.32 Å². The largest absolute Gasteiger partial charge is 0.463 e. The second-order valence-electron chi connectivity index (χ2n) is 6.21. The Kier molecular flexibility index (Phi) is 7.45. The molecule has 0 fully saturated rings. The lowest BCUT2D eigenvalue weighted by molar-refractivity contribution is -0.139. The third kappa shape index (κ3) is 4.65. The molecule has 1 aromatic carbocycles. The third-order valence-electron chi connectivity index (χ3n) is 4.23. The summed E-state index contributed by atoms with van der Waals surface area (Å²) in [7, 11) is 0. The van der Waals surface area contributed by atoms with Crippen molar-refractivity contribution in [2.75, 3.05) is 13.2 Å². The molecular weight excluding hydrogens is 378 g/mol. The summed E-state index contributed by atoms with van der Waals surface area (Å²) < 4.78 is 10.5. The first-order valence-corrected chi connectivity index (χ1v) is 9.93. The Morgan fingerprint density at radius 1 is 0.964 bits per heavy atom. The molecule has 0 radical (unpaired) electrons. The maximum Gasteiger partial charge on any atom is 0.336 e. The van der Waals surface area contributed by atoms with Gasteiger partial charge < -0.3 is 14.8 Å². The number of rotatable bonds is 6. The predicted molar refractivity (Wildman–Crippen MR) is 108 cm³/mol. The fourth-order valence-electron chi connectivity index (χ4n) is 3.23. The zero-order chi connectivity index (χ0) is 20.8. The van der Waals surface area contributed by atoms with Crippen molar-refractivity contribution < 1.29 is 23.9 Å². The summed E-state index contributed by atoms with van der Waals surface area (Å²) >= 11 is 1.07. The van der Waals surface area contributed by atoms with Gasteiger partial charge in [0, 0.05) is 23.2 Å². The second kappa shape index (κ2) is 9.59. The van der Waals surface area contributed by atoms with Gasteiger partial charge in [-0.05, 0) is 39.3 Å². The van der Waals surface area contributed by atoms with Crippen LogP contribution in [0.15, 0.2) is 51.7 Å². The van der Waals surface area contributed by atoms with Crippen molar-refractivity contribution in [2.45, 2.75) is 45.4 Å². The van der Waals surface area contributed by atoms with Gasteiger partial charge in [0.1, 0.15) is 0 Å². The molecule has 150 valence electrons. The van der Waals surface area contributed by atoms with Crippen molar-refractivity contribution in [1.29, 1.82) is 0 Å². The molecule has 1 aliphatic heterocycles.